The maximum absolute atomic E-state index is 11.6. The minimum absolute atomic E-state index is 0.0153. The number of nitrogens with zero attached hydrogens (tertiary/aromatic N) is 1. The van der Waals surface area contributed by atoms with Crippen molar-refractivity contribution in [1.82, 2.24) is 9.97 Å². The monoisotopic (exact) mass is 596 g/mol. The number of halogens is 1. The number of carbonyl (C=O) groups excluding carboxylic acids is 2. The maximum Gasteiger partial charge on any atom is 0.338 e. The number of hydrogen-bond acceptors (Lipinski definition) is 10. The van der Waals surface area contributed by atoms with Gasteiger partial charge in [-0.1, -0.05) is 11.3 Å². The molecule has 0 spiro atoms. The Kier molecular flexibility index (Phi) is 9.09. The van der Waals surface area contributed by atoms with Crippen molar-refractivity contribution in [3.63, 3.8) is 0 Å². The fraction of sp³-hybridized carbons (Fsp3) is 0.333. The Morgan fingerprint density at radius 1 is 0.861 bits per heavy atom. The average Bonchev–Trinajstić information content (AvgIpc) is 3.38. The van der Waals surface area contributed by atoms with E-state index in [0.29, 0.717) is 32.8 Å². The molecular weight excluding hydrogens is 572 g/mol. The van der Waals surface area contributed by atoms with Gasteiger partial charge in [0.05, 0.1) is 47.0 Å². The lowest BCUT2D eigenvalue weighted by Gasteiger charge is -2.11. The van der Waals surface area contributed by atoms with Crippen molar-refractivity contribution in [3.05, 3.63) is 49.0 Å². The number of nitrogens with one attached hydrogen (secondary N) is 1. The number of ether oxygens (including phenoxy) is 4. The highest BCUT2D eigenvalue weighted by molar-refractivity contribution is 9.11. The summed E-state index contributed by atoms with van der Waals surface area (Å²) in [6, 6.07) is 6.63. The van der Waals surface area contributed by atoms with E-state index >= 15 is 0 Å². The zero-order chi connectivity index (χ0) is 26.6. The number of carbonyl (C=O) groups is 2. The molecule has 0 unspecified atom stereocenters. The predicted octanol–water partition coefficient (Wildman–Crippen LogP) is 5.80. The molecule has 0 fully saturated rings. The molecule has 12 heteroatoms. The standard InChI is InChI=1S/C12H12BrNO3S.C12H13NO4S/c1-6(2)17-8-4-7(11(15)16-3)5-9-10(8)14-12(13)18-9;1-6(2)17-8-4-7(11(14)16-3)5-9-10(8)13-12(15)18-9/h4-6H,1-3H3;4-6H,1-3H3,(H,13,15). The van der Waals surface area contributed by atoms with E-state index in [1.165, 1.54) is 25.6 Å². The molecule has 2 aromatic heterocycles. The second kappa shape index (κ2) is 11.8. The number of aromatic amines is 1. The van der Waals surface area contributed by atoms with Crippen molar-refractivity contribution in [2.24, 2.45) is 0 Å². The van der Waals surface area contributed by atoms with Crippen LogP contribution in [0.5, 0.6) is 11.5 Å². The molecular formula is C24H25BrN2O7S2. The largest absolute Gasteiger partial charge is 0.489 e. The molecule has 2 heterocycles. The van der Waals surface area contributed by atoms with E-state index in [2.05, 4.69) is 30.6 Å². The van der Waals surface area contributed by atoms with Crippen LogP contribution >= 0.6 is 38.6 Å². The second-order valence-electron chi connectivity index (χ2n) is 7.97. The molecule has 2 aromatic carbocycles. The number of H-pyrrole nitrogens is 1. The van der Waals surface area contributed by atoms with Crippen LogP contribution in [0.3, 0.4) is 0 Å². The summed E-state index contributed by atoms with van der Waals surface area (Å²) in [6.45, 7) is 7.61. The molecule has 0 saturated heterocycles. The summed E-state index contributed by atoms with van der Waals surface area (Å²) in [5.41, 5.74) is 2.22. The van der Waals surface area contributed by atoms with Crippen molar-refractivity contribution in [3.8, 4) is 11.5 Å². The van der Waals surface area contributed by atoms with Gasteiger partial charge in [-0.25, -0.2) is 14.6 Å². The number of methoxy groups -OCH3 is 2. The van der Waals surface area contributed by atoms with Gasteiger partial charge in [-0.05, 0) is 67.9 Å². The van der Waals surface area contributed by atoms with E-state index in [-0.39, 0.29) is 23.1 Å². The topological polar surface area (TPSA) is 117 Å². The van der Waals surface area contributed by atoms with Gasteiger partial charge in [0.25, 0.3) is 0 Å². The lowest BCUT2D eigenvalue weighted by atomic mass is 10.2. The summed E-state index contributed by atoms with van der Waals surface area (Å²) < 4.78 is 23.0. The molecule has 1 N–H and O–H groups in total. The van der Waals surface area contributed by atoms with Crippen molar-refractivity contribution in [2.75, 3.05) is 14.2 Å². The molecule has 0 aliphatic carbocycles. The van der Waals surface area contributed by atoms with Crippen molar-refractivity contribution >= 4 is 71.0 Å². The Hall–Kier alpha value is -2.96. The van der Waals surface area contributed by atoms with Gasteiger partial charge in [-0.3, -0.25) is 4.79 Å². The Bertz CT molecular complexity index is 1460. The quantitative estimate of drug-likeness (QED) is 0.278. The van der Waals surface area contributed by atoms with Crippen LogP contribution in [-0.4, -0.2) is 48.3 Å². The molecule has 4 aromatic rings. The number of hydrogen-bond donors (Lipinski definition) is 1. The highest BCUT2D eigenvalue weighted by Gasteiger charge is 2.16. The van der Waals surface area contributed by atoms with E-state index in [1.54, 1.807) is 24.3 Å². The number of fused-ring (bicyclic) bond motifs is 2. The van der Waals surface area contributed by atoms with Gasteiger partial charge >= 0.3 is 16.8 Å². The van der Waals surface area contributed by atoms with E-state index < -0.39 is 5.97 Å². The van der Waals surface area contributed by atoms with Crippen LogP contribution in [-0.2, 0) is 9.47 Å². The third-order valence-corrected chi connectivity index (χ3v) is 6.78. The van der Waals surface area contributed by atoms with Gasteiger partial charge in [0.2, 0.25) is 0 Å². The van der Waals surface area contributed by atoms with E-state index in [4.69, 9.17) is 14.2 Å². The average molecular weight is 598 g/mol. The Labute approximate surface area is 223 Å². The molecule has 0 atom stereocenters. The molecule has 36 heavy (non-hydrogen) atoms. The first-order valence-corrected chi connectivity index (χ1v) is 13.2. The Morgan fingerprint density at radius 3 is 1.94 bits per heavy atom. The van der Waals surface area contributed by atoms with E-state index in [0.717, 1.165) is 25.5 Å². The Balaban J connectivity index is 0.000000201. The summed E-state index contributed by atoms with van der Waals surface area (Å²) in [5.74, 6) is 0.257. The summed E-state index contributed by atoms with van der Waals surface area (Å²) in [4.78, 5) is 41.4. The molecule has 0 aliphatic heterocycles. The van der Waals surface area contributed by atoms with Gasteiger partial charge in [0.15, 0.2) is 3.92 Å². The van der Waals surface area contributed by atoms with Gasteiger partial charge in [-0.15, -0.1) is 11.3 Å². The van der Waals surface area contributed by atoms with E-state index in [1.807, 2.05) is 27.7 Å². The zero-order valence-electron chi connectivity index (χ0n) is 20.5. The van der Waals surface area contributed by atoms with Crippen LogP contribution < -0.4 is 14.3 Å². The van der Waals surface area contributed by atoms with Gasteiger partial charge in [0.1, 0.15) is 22.5 Å². The van der Waals surface area contributed by atoms with Gasteiger partial charge < -0.3 is 23.9 Å². The molecule has 0 amide bonds. The van der Waals surface area contributed by atoms with Crippen LogP contribution in [0.2, 0.25) is 0 Å². The van der Waals surface area contributed by atoms with Crippen molar-refractivity contribution in [2.45, 2.75) is 39.9 Å². The summed E-state index contributed by atoms with van der Waals surface area (Å²) in [7, 11) is 2.67. The summed E-state index contributed by atoms with van der Waals surface area (Å²) >= 11 is 5.83. The van der Waals surface area contributed by atoms with Crippen LogP contribution in [0, 0.1) is 0 Å². The molecule has 0 aliphatic rings. The van der Waals surface area contributed by atoms with Crippen LogP contribution in [0.15, 0.2) is 33.0 Å². The molecule has 0 saturated carbocycles. The minimum Gasteiger partial charge on any atom is -0.489 e. The third kappa shape index (κ3) is 6.62. The summed E-state index contributed by atoms with van der Waals surface area (Å²) in [6.07, 6.45) is -0.0360. The van der Waals surface area contributed by atoms with Gasteiger partial charge in [-0.2, -0.15) is 0 Å². The highest BCUT2D eigenvalue weighted by atomic mass is 79.9. The molecule has 4 rings (SSSR count). The second-order valence-corrected chi connectivity index (χ2v) is 11.3. The predicted molar refractivity (Wildman–Crippen MR) is 144 cm³/mol. The number of esters is 2. The number of aromatic nitrogens is 2. The third-order valence-electron chi connectivity index (χ3n) is 4.50. The normalized spacial score (nSPS) is 10.9. The first-order chi connectivity index (χ1) is 17.0. The lowest BCUT2D eigenvalue weighted by molar-refractivity contribution is 0.0591. The zero-order valence-corrected chi connectivity index (χ0v) is 23.7. The number of thiazole rings is 2. The van der Waals surface area contributed by atoms with Crippen LogP contribution in [0.4, 0.5) is 0 Å². The molecule has 192 valence electrons. The molecule has 9 nitrogen and oxygen atoms in total. The lowest BCUT2D eigenvalue weighted by Crippen LogP contribution is -2.08. The molecule has 0 radical (unpaired) electrons. The minimum atomic E-state index is -0.452. The smallest absolute Gasteiger partial charge is 0.338 e. The van der Waals surface area contributed by atoms with E-state index in [9.17, 15) is 14.4 Å². The Morgan fingerprint density at radius 2 is 1.39 bits per heavy atom. The number of benzene rings is 2. The summed E-state index contributed by atoms with van der Waals surface area (Å²) in [5, 5.41) is 0. The number of rotatable bonds is 6. The molecule has 0 bridgehead atoms. The first-order valence-electron chi connectivity index (χ1n) is 10.8. The fourth-order valence-electron chi connectivity index (χ4n) is 3.15. The van der Waals surface area contributed by atoms with Crippen molar-refractivity contribution < 1.29 is 28.5 Å². The fourth-order valence-corrected chi connectivity index (χ4v) is 5.39. The van der Waals surface area contributed by atoms with Gasteiger partial charge in [0, 0.05) is 0 Å². The van der Waals surface area contributed by atoms with Crippen LogP contribution in [0.25, 0.3) is 20.4 Å². The SMILES string of the molecule is COC(=O)c1cc(OC(C)C)c2[nH]c(=O)sc2c1.COC(=O)c1cc(OC(C)C)c2nc(Br)sc2c1. The maximum atomic E-state index is 11.6. The van der Waals surface area contributed by atoms with Crippen LogP contribution in [0.1, 0.15) is 48.4 Å². The highest BCUT2D eigenvalue weighted by Crippen LogP contribution is 2.34. The first kappa shape index (κ1) is 27.6. The van der Waals surface area contributed by atoms with Crippen molar-refractivity contribution in [1.29, 1.82) is 0 Å².